The zero-order valence-electron chi connectivity index (χ0n) is 9.96. The molecular formula is C11H10BrF3N2O3. The quantitative estimate of drug-likeness (QED) is 0.638. The minimum atomic E-state index is -4.52. The van der Waals surface area contributed by atoms with Crippen molar-refractivity contribution in [1.82, 2.24) is 5.32 Å². The molecule has 3 N–H and O–H groups in total. The number of anilines is 1. The first kappa shape index (κ1) is 16.3. The Labute approximate surface area is 120 Å². The number of hydrogen-bond donors (Lipinski definition) is 2. The molecule has 0 bridgehead atoms. The monoisotopic (exact) mass is 354 g/mol. The third kappa shape index (κ3) is 5.47. The molecule has 0 saturated carbocycles. The highest BCUT2D eigenvalue weighted by Gasteiger charge is 2.27. The molecule has 0 aliphatic rings. The van der Waals surface area contributed by atoms with E-state index >= 15 is 0 Å². The first-order valence-corrected chi connectivity index (χ1v) is 6.04. The summed E-state index contributed by atoms with van der Waals surface area (Å²) in [6.07, 6.45) is -4.52. The summed E-state index contributed by atoms with van der Waals surface area (Å²) in [6.45, 7) is -2.30. The summed E-state index contributed by atoms with van der Waals surface area (Å²) in [7, 11) is 0. The molecule has 0 atom stereocenters. The standard InChI is InChI=1S/C11H10BrF3N2O3/c12-6-1-2-8(16)7(3-6)10(19)20-4-9(18)17-5-11(13,14)15/h1-3H,4-5,16H2,(H,17,18). The number of halogens is 4. The molecule has 0 unspecified atom stereocenters. The van der Waals surface area contributed by atoms with Gasteiger partial charge in [0.25, 0.3) is 5.91 Å². The molecule has 1 amide bonds. The Hall–Kier alpha value is -1.77. The van der Waals surface area contributed by atoms with Crippen LogP contribution in [0.1, 0.15) is 10.4 Å². The van der Waals surface area contributed by atoms with Gasteiger partial charge in [-0.2, -0.15) is 13.2 Å². The number of nitrogens with two attached hydrogens (primary N) is 1. The molecular weight excluding hydrogens is 345 g/mol. The Morgan fingerprint density at radius 1 is 1.35 bits per heavy atom. The number of carbonyl (C=O) groups is 2. The second-order valence-electron chi connectivity index (χ2n) is 3.70. The van der Waals surface area contributed by atoms with Crippen LogP contribution in [0.5, 0.6) is 0 Å². The van der Waals surface area contributed by atoms with Gasteiger partial charge in [-0.25, -0.2) is 4.79 Å². The lowest BCUT2D eigenvalue weighted by Gasteiger charge is -2.09. The first-order chi connectivity index (χ1) is 9.19. The highest BCUT2D eigenvalue weighted by molar-refractivity contribution is 9.10. The van der Waals surface area contributed by atoms with Gasteiger partial charge in [0.15, 0.2) is 6.61 Å². The zero-order valence-corrected chi connectivity index (χ0v) is 11.5. The van der Waals surface area contributed by atoms with Crippen LogP contribution in [-0.4, -0.2) is 31.2 Å². The van der Waals surface area contributed by atoms with E-state index in [1.165, 1.54) is 12.1 Å². The summed E-state index contributed by atoms with van der Waals surface area (Å²) in [6, 6.07) is 4.43. The van der Waals surface area contributed by atoms with Gasteiger partial charge in [0.1, 0.15) is 6.54 Å². The second kappa shape index (κ2) is 6.60. The smallest absolute Gasteiger partial charge is 0.405 e. The molecule has 1 aromatic carbocycles. The van der Waals surface area contributed by atoms with E-state index in [2.05, 4.69) is 20.7 Å². The molecule has 0 radical (unpaired) electrons. The molecule has 0 aliphatic heterocycles. The topological polar surface area (TPSA) is 81.4 Å². The third-order valence-corrected chi connectivity index (χ3v) is 2.55. The van der Waals surface area contributed by atoms with E-state index in [0.717, 1.165) is 0 Å². The fourth-order valence-corrected chi connectivity index (χ4v) is 1.53. The summed E-state index contributed by atoms with van der Waals surface area (Å²) >= 11 is 3.12. The van der Waals surface area contributed by atoms with Gasteiger partial charge in [0, 0.05) is 10.2 Å². The van der Waals surface area contributed by atoms with Gasteiger partial charge in [-0.05, 0) is 18.2 Å². The molecule has 0 heterocycles. The van der Waals surface area contributed by atoms with Gasteiger partial charge in [-0.3, -0.25) is 4.79 Å². The van der Waals surface area contributed by atoms with Crippen LogP contribution >= 0.6 is 15.9 Å². The predicted molar refractivity (Wildman–Crippen MR) is 67.9 cm³/mol. The van der Waals surface area contributed by atoms with Crippen LogP contribution in [0.4, 0.5) is 18.9 Å². The number of ether oxygens (including phenoxy) is 1. The van der Waals surface area contributed by atoms with E-state index in [1.54, 1.807) is 11.4 Å². The Bertz CT molecular complexity index is 520. The van der Waals surface area contributed by atoms with Crippen molar-refractivity contribution < 1.29 is 27.5 Å². The Kier molecular flexibility index (Phi) is 5.37. The molecule has 1 rings (SSSR count). The van der Waals surface area contributed by atoms with Gasteiger partial charge in [-0.15, -0.1) is 0 Å². The summed E-state index contributed by atoms with van der Waals surface area (Å²) in [5.41, 5.74) is 5.69. The lowest BCUT2D eigenvalue weighted by atomic mass is 10.2. The van der Waals surface area contributed by atoms with Crippen LogP contribution in [-0.2, 0) is 9.53 Å². The average Bonchev–Trinajstić information content (AvgIpc) is 2.35. The second-order valence-corrected chi connectivity index (χ2v) is 4.62. The van der Waals surface area contributed by atoms with E-state index in [9.17, 15) is 22.8 Å². The van der Waals surface area contributed by atoms with Crippen molar-refractivity contribution in [3.8, 4) is 0 Å². The molecule has 110 valence electrons. The minimum absolute atomic E-state index is 0.0167. The van der Waals surface area contributed by atoms with Gasteiger partial charge >= 0.3 is 12.1 Å². The SMILES string of the molecule is Nc1ccc(Br)cc1C(=O)OCC(=O)NCC(F)(F)F. The molecule has 0 saturated heterocycles. The molecule has 20 heavy (non-hydrogen) atoms. The number of carbonyl (C=O) groups excluding carboxylic acids is 2. The van der Waals surface area contributed by atoms with E-state index in [0.29, 0.717) is 4.47 Å². The highest BCUT2D eigenvalue weighted by Crippen LogP contribution is 2.19. The summed E-state index contributed by atoms with van der Waals surface area (Å²) in [4.78, 5) is 22.6. The maximum absolute atomic E-state index is 11.8. The normalized spacial score (nSPS) is 11.0. The summed E-state index contributed by atoms with van der Waals surface area (Å²) < 4.78 is 40.6. The van der Waals surface area contributed by atoms with Crippen molar-refractivity contribution in [2.24, 2.45) is 0 Å². The van der Waals surface area contributed by atoms with Crippen molar-refractivity contribution in [1.29, 1.82) is 0 Å². The number of amides is 1. The maximum Gasteiger partial charge on any atom is 0.405 e. The summed E-state index contributed by atoms with van der Waals surface area (Å²) in [5, 5.41) is 1.57. The van der Waals surface area contributed by atoms with Crippen LogP contribution in [0, 0.1) is 0 Å². The Balaban J connectivity index is 2.51. The average molecular weight is 355 g/mol. The minimum Gasteiger partial charge on any atom is -0.452 e. The molecule has 0 spiro atoms. The Morgan fingerprint density at radius 3 is 2.60 bits per heavy atom. The summed E-state index contributed by atoms with van der Waals surface area (Å²) in [5.74, 6) is -1.95. The molecule has 0 fully saturated rings. The predicted octanol–water partition coefficient (Wildman–Crippen LogP) is 1.87. The molecule has 0 aliphatic carbocycles. The van der Waals surface area contributed by atoms with Crippen LogP contribution in [0.3, 0.4) is 0 Å². The number of nitrogen functional groups attached to an aromatic ring is 1. The lowest BCUT2D eigenvalue weighted by molar-refractivity contribution is -0.140. The van der Waals surface area contributed by atoms with Crippen LogP contribution in [0.25, 0.3) is 0 Å². The van der Waals surface area contributed by atoms with Gasteiger partial charge in [0.2, 0.25) is 0 Å². The van der Waals surface area contributed by atoms with Crippen molar-refractivity contribution in [2.75, 3.05) is 18.9 Å². The zero-order chi connectivity index (χ0) is 15.3. The van der Waals surface area contributed by atoms with E-state index in [1.807, 2.05) is 0 Å². The van der Waals surface area contributed by atoms with Gasteiger partial charge in [0.05, 0.1) is 5.56 Å². The number of hydrogen-bond acceptors (Lipinski definition) is 4. The van der Waals surface area contributed by atoms with Gasteiger partial charge in [-0.1, -0.05) is 15.9 Å². The van der Waals surface area contributed by atoms with Crippen LogP contribution < -0.4 is 11.1 Å². The van der Waals surface area contributed by atoms with E-state index in [4.69, 9.17) is 5.73 Å². The molecule has 5 nitrogen and oxygen atoms in total. The Morgan fingerprint density at radius 2 is 2.00 bits per heavy atom. The van der Waals surface area contributed by atoms with Crippen LogP contribution in [0.15, 0.2) is 22.7 Å². The molecule has 9 heteroatoms. The number of rotatable bonds is 4. The largest absolute Gasteiger partial charge is 0.452 e. The van der Waals surface area contributed by atoms with Crippen molar-refractivity contribution in [3.05, 3.63) is 28.2 Å². The third-order valence-electron chi connectivity index (χ3n) is 2.06. The van der Waals surface area contributed by atoms with Crippen LogP contribution in [0.2, 0.25) is 0 Å². The number of benzene rings is 1. The van der Waals surface area contributed by atoms with E-state index in [-0.39, 0.29) is 11.3 Å². The number of nitrogens with one attached hydrogen (secondary N) is 1. The van der Waals surface area contributed by atoms with E-state index < -0.39 is 31.2 Å². The van der Waals surface area contributed by atoms with Crippen molar-refractivity contribution in [3.63, 3.8) is 0 Å². The first-order valence-electron chi connectivity index (χ1n) is 5.24. The molecule has 0 aromatic heterocycles. The van der Waals surface area contributed by atoms with Crippen molar-refractivity contribution >= 4 is 33.5 Å². The molecule has 1 aromatic rings. The highest BCUT2D eigenvalue weighted by atomic mass is 79.9. The van der Waals surface area contributed by atoms with Gasteiger partial charge < -0.3 is 15.8 Å². The lowest BCUT2D eigenvalue weighted by Crippen LogP contribution is -2.36. The number of esters is 1. The fourth-order valence-electron chi connectivity index (χ4n) is 1.16. The van der Waals surface area contributed by atoms with Crippen molar-refractivity contribution in [2.45, 2.75) is 6.18 Å². The fraction of sp³-hybridized carbons (Fsp3) is 0.273. The number of alkyl halides is 3. The maximum atomic E-state index is 11.8.